The van der Waals surface area contributed by atoms with Crippen molar-refractivity contribution in [3.8, 4) is 17.3 Å². The van der Waals surface area contributed by atoms with Crippen LogP contribution in [0.15, 0.2) is 64.1 Å². The lowest BCUT2D eigenvalue weighted by atomic mass is 10.3. The lowest BCUT2D eigenvalue weighted by Crippen LogP contribution is -2.28. The maximum absolute atomic E-state index is 12.1. The van der Waals surface area contributed by atoms with Crippen molar-refractivity contribution in [1.82, 2.24) is 14.9 Å². The van der Waals surface area contributed by atoms with Crippen LogP contribution in [-0.4, -0.2) is 31.8 Å². The van der Waals surface area contributed by atoms with Gasteiger partial charge in [0.1, 0.15) is 12.3 Å². The summed E-state index contributed by atoms with van der Waals surface area (Å²) in [6, 6.07) is 12.9. The Labute approximate surface area is 149 Å². The highest BCUT2D eigenvalue weighted by molar-refractivity contribution is 7.89. The Morgan fingerprint density at radius 1 is 1.12 bits per heavy atom. The SMILES string of the molecule is O=S(=O)(NCCOc1ccc(-c2ccco2)nn1)c1cccc(Cl)c1. The largest absolute Gasteiger partial charge is 0.475 e. The van der Waals surface area contributed by atoms with Crippen LogP contribution in [0.2, 0.25) is 5.02 Å². The quantitative estimate of drug-likeness (QED) is 0.634. The third kappa shape index (κ3) is 4.56. The van der Waals surface area contributed by atoms with Gasteiger partial charge in [-0.2, -0.15) is 0 Å². The maximum atomic E-state index is 12.1. The van der Waals surface area contributed by atoms with Gasteiger partial charge < -0.3 is 9.15 Å². The highest BCUT2D eigenvalue weighted by atomic mass is 35.5. The zero-order chi connectivity index (χ0) is 17.7. The third-order valence-corrected chi connectivity index (χ3v) is 4.86. The van der Waals surface area contributed by atoms with E-state index in [4.69, 9.17) is 20.8 Å². The van der Waals surface area contributed by atoms with Gasteiger partial charge in [-0.15, -0.1) is 10.2 Å². The number of aromatic nitrogens is 2. The molecule has 0 aliphatic rings. The summed E-state index contributed by atoms with van der Waals surface area (Å²) in [6.45, 7) is 0.186. The van der Waals surface area contributed by atoms with E-state index in [-0.39, 0.29) is 23.9 Å². The Bertz CT molecular complexity index is 928. The van der Waals surface area contributed by atoms with Crippen molar-refractivity contribution in [2.75, 3.05) is 13.2 Å². The first kappa shape index (κ1) is 17.4. The average Bonchev–Trinajstić information content (AvgIpc) is 3.14. The molecule has 0 unspecified atom stereocenters. The molecule has 0 atom stereocenters. The number of halogens is 1. The minimum atomic E-state index is -3.64. The predicted octanol–water partition coefficient (Wildman–Crippen LogP) is 2.75. The molecule has 0 bridgehead atoms. The van der Waals surface area contributed by atoms with E-state index in [1.807, 2.05) is 0 Å². The molecule has 0 saturated carbocycles. The number of rotatable bonds is 7. The number of furan rings is 1. The standard InChI is InChI=1S/C16H14ClN3O4S/c17-12-3-1-4-13(11-12)25(21,22)18-8-10-24-16-7-6-14(19-20-16)15-5-2-9-23-15/h1-7,9,11,18H,8,10H2. The first-order valence-corrected chi connectivity index (χ1v) is 9.16. The van der Waals surface area contributed by atoms with Gasteiger partial charge in [0.05, 0.1) is 11.2 Å². The van der Waals surface area contributed by atoms with E-state index in [1.165, 1.54) is 12.1 Å². The normalized spacial score (nSPS) is 11.4. The Morgan fingerprint density at radius 3 is 2.68 bits per heavy atom. The van der Waals surface area contributed by atoms with Crippen molar-refractivity contribution in [3.63, 3.8) is 0 Å². The zero-order valence-electron chi connectivity index (χ0n) is 12.9. The molecule has 7 nitrogen and oxygen atoms in total. The molecule has 1 N–H and O–H groups in total. The number of sulfonamides is 1. The summed E-state index contributed by atoms with van der Waals surface area (Å²) in [5, 5.41) is 8.25. The van der Waals surface area contributed by atoms with E-state index in [0.29, 0.717) is 16.5 Å². The van der Waals surface area contributed by atoms with Crippen LogP contribution in [-0.2, 0) is 10.0 Å². The zero-order valence-corrected chi connectivity index (χ0v) is 14.5. The summed E-state index contributed by atoms with van der Waals surface area (Å²) in [6.07, 6.45) is 1.55. The molecule has 0 spiro atoms. The molecule has 3 rings (SSSR count). The highest BCUT2D eigenvalue weighted by Crippen LogP contribution is 2.18. The lowest BCUT2D eigenvalue weighted by molar-refractivity contribution is 0.307. The van der Waals surface area contributed by atoms with Crippen molar-refractivity contribution in [2.24, 2.45) is 0 Å². The number of nitrogens with zero attached hydrogens (tertiary/aromatic N) is 2. The molecular weight excluding hydrogens is 366 g/mol. The van der Waals surface area contributed by atoms with Crippen LogP contribution in [0, 0.1) is 0 Å². The van der Waals surface area contributed by atoms with Gasteiger partial charge in [0.25, 0.3) is 0 Å². The second-order valence-corrected chi connectivity index (χ2v) is 7.14. The Balaban J connectivity index is 1.51. The monoisotopic (exact) mass is 379 g/mol. The fourth-order valence-electron chi connectivity index (χ4n) is 2.00. The van der Waals surface area contributed by atoms with Crippen molar-refractivity contribution in [3.05, 3.63) is 59.8 Å². The third-order valence-electron chi connectivity index (χ3n) is 3.16. The van der Waals surface area contributed by atoms with E-state index in [1.54, 1.807) is 42.7 Å². The van der Waals surface area contributed by atoms with E-state index in [2.05, 4.69) is 14.9 Å². The molecule has 0 fully saturated rings. The van der Waals surface area contributed by atoms with Gasteiger partial charge in [0.15, 0.2) is 5.76 Å². The number of hydrogen-bond donors (Lipinski definition) is 1. The minimum absolute atomic E-state index is 0.0798. The molecule has 0 saturated heterocycles. The summed E-state index contributed by atoms with van der Waals surface area (Å²) in [5.74, 6) is 0.894. The van der Waals surface area contributed by atoms with Crippen LogP contribution in [0.4, 0.5) is 0 Å². The van der Waals surface area contributed by atoms with Crippen LogP contribution in [0.5, 0.6) is 5.88 Å². The minimum Gasteiger partial charge on any atom is -0.475 e. The summed E-state index contributed by atoms with van der Waals surface area (Å²) in [7, 11) is -3.64. The van der Waals surface area contributed by atoms with Crippen LogP contribution < -0.4 is 9.46 Å². The lowest BCUT2D eigenvalue weighted by Gasteiger charge is -2.08. The van der Waals surface area contributed by atoms with Gasteiger partial charge in [-0.25, -0.2) is 13.1 Å². The number of nitrogens with one attached hydrogen (secondary N) is 1. The fraction of sp³-hybridized carbons (Fsp3) is 0.125. The van der Waals surface area contributed by atoms with Crippen molar-refractivity contribution >= 4 is 21.6 Å². The maximum Gasteiger partial charge on any atom is 0.240 e. The van der Waals surface area contributed by atoms with Gasteiger partial charge >= 0.3 is 0 Å². The van der Waals surface area contributed by atoms with Gasteiger partial charge in [-0.05, 0) is 36.4 Å². The first-order chi connectivity index (χ1) is 12.0. The molecule has 1 aromatic carbocycles. The molecule has 3 aromatic rings. The summed E-state index contributed by atoms with van der Waals surface area (Å²) >= 11 is 5.80. The second-order valence-electron chi connectivity index (χ2n) is 4.94. The average molecular weight is 380 g/mol. The van der Waals surface area contributed by atoms with Crippen LogP contribution in [0.25, 0.3) is 11.5 Å². The summed E-state index contributed by atoms with van der Waals surface area (Å²) < 4.78 is 37.2. The fourth-order valence-corrected chi connectivity index (χ4v) is 3.32. The Morgan fingerprint density at radius 2 is 2.00 bits per heavy atom. The Hall–Kier alpha value is -2.42. The van der Waals surface area contributed by atoms with Crippen LogP contribution in [0.3, 0.4) is 0 Å². The topological polar surface area (TPSA) is 94.3 Å². The number of hydrogen-bond acceptors (Lipinski definition) is 6. The van der Waals surface area contributed by atoms with Crippen molar-refractivity contribution in [1.29, 1.82) is 0 Å². The molecule has 0 radical (unpaired) electrons. The van der Waals surface area contributed by atoms with Gasteiger partial charge in [0, 0.05) is 17.6 Å². The number of ether oxygens (including phenoxy) is 1. The second kappa shape index (κ2) is 7.64. The first-order valence-electron chi connectivity index (χ1n) is 7.30. The van der Waals surface area contributed by atoms with E-state index < -0.39 is 10.0 Å². The molecule has 2 aromatic heterocycles. The van der Waals surface area contributed by atoms with E-state index in [0.717, 1.165) is 0 Å². The van der Waals surface area contributed by atoms with Crippen LogP contribution >= 0.6 is 11.6 Å². The summed E-state index contributed by atoms with van der Waals surface area (Å²) in [5.41, 5.74) is 0.582. The molecule has 0 amide bonds. The van der Waals surface area contributed by atoms with Crippen molar-refractivity contribution < 1.29 is 17.6 Å². The smallest absolute Gasteiger partial charge is 0.240 e. The number of benzene rings is 1. The predicted molar refractivity (Wildman–Crippen MR) is 91.9 cm³/mol. The highest BCUT2D eigenvalue weighted by Gasteiger charge is 2.13. The molecular formula is C16H14ClN3O4S. The van der Waals surface area contributed by atoms with Gasteiger partial charge in [-0.3, -0.25) is 0 Å². The van der Waals surface area contributed by atoms with Crippen molar-refractivity contribution in [2.45, 2.75) is 4.90 Å². The molecule has 25 heavy (non-hydrogen) atoms. The van der Waals surface area contributed by atoms with E-state index in [9.17, 15) is 8.42 Å². The molecule has 2 heterocycles. The van der Waals surface area contributed by atoms with Gasteiger partial charge in [0.2, 0.25) is 15.9 Å². The molecule has 0 aliphatic heterocycles. The summed E-state index contributed by atoms with van der Waals surface area (Å²) in [4.78, 5) is 0.0996. The van der Waals surface area contributed by atoms with Gasteiger partial charge in [-0.1, -0.05) is 17.7 Å². The molecule has 0 aliphatic carbocycles. The van der Waals surface area contributed by atoms with E-state index >= 15 is 0 Å². The molecule has 130 valence electrons. The molecule has 9 heteroatoms. The Kier molecular flexibility index (Phi) is 5.32. The van der Waals surface area contributed by atoms with Crippen LogP contribution in [0.1, 0.15) is 0 Å².